The fraction of sp³-hybridized carbons (Fsp3) is 0.929. The number of rotatable bonds is 6. The fourth-order valence-corrected chi connectivity index (χ4v) is 2.60. The highest BCUT2D eigenvalue weighted by Gasteiger charge is 2.25. The lowest BCUT2D eigenvalue weighted by molar-refractivity contribution is -0.132. The zero-order valence-corrected chi connectivity index (χ0v) is 11.4. The van der Waals surface area contributed by atoms with E-state index in [0.29, 0.717) is 31.5 Å². The third-order valence-electron chi connectivity index (χ3n) is 4.15. The quantitative estimate of drug-likeness (QED) is 0.747. The summed E-state index contributed by atoms with van der Waals surface area (Å²) in [6.45, 7) is 4.12. The normalized spacial score (nSPS) is 27.1. The van der Waals surface area contributed by atoms with Gasteiger partial charge in [-0.2, -0.15) is 0 Å². The Morgan fingerprint density at radius 1 is 1.39 bits per heavy atom. The molecule has 2 rings (SSSR count). The van der Waals surface area contributed by atoms with Crippen molar-refractivity contribution in [3.8, 4) is 0 Å². The van der Waals surface area contributed by atoms with Gasteiger partial charge < -0.3 is 15.3 Å². The lowest BCUT2D eigenvalue weighted by Gasteiger charge is -2.24. The van der Waals surface area contributed by atoms with Crippen molar-refractivity contribution in [1.82, 2.24) is 10.2 Å². The molecule has 0 aromatic rings. The predicted molar refractivity (Wildman–Crippen MR) is 71.2 cm³/mol. The first kappa shape index (κ1) is 13.8. The van der Waals surface area contributed by atoms with Crippen molar-refractivity contribution < 1.29 is 9.90 Å². The smallest absolute Gasteiger partial charge is 0.222 e. The van der Waals surface area contributed by atoms with Gasteiger partial charge in [0.2, 0.25) is 5.91 Å². The van der Waals surface area contributed by atoms with Crippen molar-refractivity contribution in [2.45, 2.75) is 57.6 Å². The van der Waals surface area contributed by atoms with Crippen LogP contribution in [-0.2, 0) is 4.79 Å². The maximum Gasteiger partial charge on any atom is 0.222 e. The number of nitrogens with one attached hydrogen (secondary N) is 1. The first-order valence-electron chi connectivity index (χ1n) is 7.38. The minimum atomic E-state index is -0.423. The van der Waals surface area contributed by atoms with Crippen molar-refractivity contribution in [1.29, 1.82) is 0 Å². The van der Waals surface area contributed by atoms with Crippen molar-refractivity contribution in [2.75, 3.05) is 19.6 Å². The van der Waals surface area contributed by atoms with E-state index < -0.39 is 6.10 Å². The predicted octanol–water partition coefficient (Wildman–Crippen LogP) is 1.14. The fourth-order valence-electron chi connectivity index (χ4n) is 2.60. The molecule has 2 fully saturated rings. The van der Waals surface area contributed by atoms with Crippen LogP contribution in [0.25, 0.3) is 0 Å². The summed E-state index contributed by atoms with van der Waals surface area (Å²) in [7, 11) is 0. The van der Waals surface area contributed by atoms with Crippen molar-refractivity contribution in [2.24, 2.45) is 5.92 Å². The Balaban J connectivity index is 1.73. The second-order valence-corrected chi connectivity index (χ2v) is 5.78. The lowest BCUT2D eigenvalue weighted by Crippen LogP contribution is -2.41. The minimum Gasteiger partial charge on any atom is -0.390 e. The standard InChI is InChI=1S/C14H26N2O2/c1-2-11-3-6-14(18)16(8-7-11)10-13(17)9-15-12-4-5-12/h11-13,15,17H,2-10H2,1H3. The molecule has 1 saturated heterocycles. The molecular weight excluding hydrogens is 228 g/mol. The Morgan fingerprint density at radius 3 is 2.83 bits per heavy atom. The number of β-amino-alcohol motifs (C(OH)–C–C–N with tert-alkyl or cyclic N) is 1. The first-order valence-corrected chi connectivity index (χ1v) is 7.38. The molecule has 1 aliphatic heterocycles. The largest absolute Gasteiger partial charge is 0.390 e. The molecule has 4 nitrogen and oxygen atoms in total. The Labute approximate surface area is 110 Å². The zero-order chi connectivity index (χ0) is 13.0. The van der Waals surface area contributed by atoms with Crippen LogP contribution in [0.2, 0.25) is 0 Å². The van der Waals surface area contributed by atoms with Crippen LogP contribution in [0.3, 0.4) is 0 Å². The Bertz CT molecular complexity index is 279. The number of hydrogen-bond acceptors (Lipinski definition) is 3. The van der Waals surface area contributed by atoms with Gasteiger partial charge in [-0.15, -0.1) is 0 Å². The van der Waals surface area contributed by atoms with Gasteiger partial charge in [-0.25, -0.2) is 0 Å². The summed E-state index contributed by atoms with van der Waals surface area (Å²) in [6, 6.07) is 0.615. The van der Waals surface area contributed by atoms with Gasteiger partial charge in [0, 0.05) is 32.1 Å². The number of hydrogen-bond donors (Lipinski definition) is 2. The van der Waals surface area contributed by atoms with E-state index in [9.17, 15) is 9.90 Å². The molecule has 4 heteroatoms. The van der Waals surface area contributed by atoms with Gasteiger partial charge in [-0.05, 0) is 31.6 Å². The molecule has 1 heterocycles. The number of aliphatic hydroxyl groups excluding tert-OH is 1. The summed E-state index contributed by atoms with van der Waals surface area (Å²) in [4.78, 5) is 13.8. The van der Waals surface area contributed by atoms with Gasteiger partial charge in [0.05, 0.1) is 6.10 Å². The van der Waals surface area contributed by atoms with Gasteiger partial charge in [-0.3, -0.25) is 4.79 Å². The van der Waals surface area contributed by atoms with E-state index in [1.165, 1.54) is 12.8 Å². The maximum absolute atomic E-state index is 12.0. The third kappa shape index (κ3) is 4.25. The molecule has 1 saturated carbocycles. The molecule has 0 aromatic carbocycles. The van der Waals surface area contributed by atoms with E-state index in [4.69, 9.17) is 0 Å². The molecule has 2 unspecified atom stereocenters. The molecule has 1 amide bonds. The van der Waals surface area contributed by atoms with Crippen LogP contribution in [-0.4, -0.2) is 47.7 Å². The second kappa shape index (κ2) is 6.53. The molecule has 0 bridgehead atoms. The summed E-state index contributed by atoms with van der Waals surface area (Å²) >= 11 is 0. The summed E-state index contributed by atoms with van der Waals surface area (Å²) in [5.74, 6) is 0.900. The molecule has 104 valence electrons. The average Bonchev–Trinajstić information content (AvgIpc) is 3.18. The third-order valence-corrected chi connectivity index (χ3v) is 4.15. The van der Waals surface area contributed by atoms with Crippen molar-refractivity contribution in [3.63, 3.8) is 0 Å². The molecule has 0 radical (unpaired) electrons. The molecule has 2 atom stereocenters. The van der Waals surface area contributed by atoms with Crippen LogP contribution in [0, 0.1) is 5.92 Å². The number of carbonyl (C=O) groups excluding carboxylic acids is 1. The highest BCUT2D eigenvalue weighted by molar-refractivity contribution is 5.76. The molecule has 0 spiro atoms. The Hall–Kier alpha value is -0.610. The van der Waals surface area contributed by atoms with E-state index in [1.807, 2.05) is 4.90 Å². The van der Waals surface area contributed by atoms with E-state index in [1.54, 1.807) is 0 Å². The Kier molecular flexibility index (Phi) is 5.01. The summed E-state index contributed by atoms with van der Waals surface area (Å²) in [5.41, 5.74) is 0. The molecule has 2 N–H and O–H groups in total. The van der Waals surface area contributed by atoms with E-state index in [2.05, 4.69) is 12.2 Å². The number of likely N-dealkylation sites (tertiary alicyclic amines) is 1. The average molecular weight is 254 g/mol. The maximum atomic E-state index is 12.0. The molecule has 0 aromatic heterocycles. The van der Waals surface area contributed by atoms with Gasteiger partial charge in [0.25, 0.3) is 0 Å². The van der Waals surface area contributed by atoms with Crippen molar-refractivity contribution >= 4 is 5.91 Å². The SMILES string of the molecule is CCC1CCC(=O)N(CC(O)CNC2CC2)CC1. The zero-order valence-electron chi connectivity index (χ0n) is 11.4. The molecular formula is C14H26N2O2. The van der Waals surface area contributed by atoms with Crippen molar-refractivity contribution in [3.05, 3.63) is 0 Å². The van der Waals surface area contributed by atoms with Crippen LogP contribution in [0.15, 0.2) is 0 Å². The summed E-state index contributed by atoms with van der Waals surface area (Å²) in [5, 5.41) is 13.3. The van der Waals surface area contributed by atoms with Gasteiger partial charge in [0.1, 0.15) is 0 Å². The van der Waals surface area contributed by atoms with Crippen LogP contribution in [0.5, 0.6) is 0 Å². The summed E-state index contributed by atoms with van der Waals surface area (Å²) in [6.07, 6.45) is 5.95. The van der Waals surface area contributed by atoms with Crippen LogP contribution in [0.1, 0.15) is 45.4 Å². The number of nitrogens with zero attached hydrogens (tertiary/aromatic N) is 1. The number of carbonyl (C=O) groups is 1. The second-order valence-electron chi connectivity index (χ2n) is 5.78. The summed E-state index contributed by atoms with van der Waals surface area (Å²) < 4.78 is 0. The van der Waals surface area contributed by atoms with Crippen LogP contribution >= 0.6 is 0 Å². The molecule has 2 aliphatic rings. The van der Waals surface area contributed by atoms with Crippen LogP contribution < -0.4 is 5.32 Å². The monoisotopic (exact) mass is 254 g/mol. The van der Waals surface area contributed by atoms with E-state index in [-0.39, 0.29) is 5.91 Å². The van der Waals surface area contributed by atoms with E-state index >= 15 is 0 Å². The Morgan fingerprint density at radius 2 is 2.17 bits per heavy atom. The first-order chi connectivity index (χ1) is 8.69. The number of amides is 1. The highest BCUT2D eigenvalue weighted by atomic mass is 16.3. The van der Waals surface area contributed by atoms with Gasteiger partial charge in [0.15, 0.2) is 0 Å². The highest BCUT2D eigenvalue weighted by Crippen LogP contribution is 2.21. The molecule has 18 heavy (non-hydrogen) atoms. The van der Waals surface area contributed by atoms with E-state index in [0.717, 1.165) is 25.8 Å². The number of aliphatic hydroxyl groups is 1. The molecule has 1 aliphatic carbocycles. The van der Waals surface area contributed by atoms with Gasteiger partial charge >= 0.3 is 0 Å². The minimum absolute atomic E-state index is 0.219. The topological polar surface area (TPSA) is 52.6 Å². The lowest BCUT2D eigenvalue weighted by atomic mass is 9.98. The van der Waals surface area contributed by atoms with Gasteiger partial charge in [-0.1, -0.05) is 13.3 Å². The van der Waals surface area contributed by atoms with Crippen LogP contribution in [0.4, 0.5) is 0 Å².